The molecule has 0 spiro atoms. The molecule has 20 heteroatoms. The number of alkyl halides is 5. The summed E-state index contributed by atoms with van der Waals surface area (Å²) in [7, 11) is 15.9. The van der Waals surface area contributed by atoms with Gasteiger partial charge in [0.2, 0.25) is 0 Å². The van der Waals surface area contributed by atoms with Gasteiger partial charge in [0.15, 0.2) is 0 Å². The molecule has 0 unspecified atom stereocenters. The Morgan fingerprint density at radius 1 is 0.565 bits per heavy atom. The van der Waals surface area contributed by atoms with Gasteiger partial charge < -0.3 is 66.3 Å². The SMILES string of the molecule is COC1CCOCC1.COC1COC1.COCC(F)(F)F.COCC(F)F.COCC1CC1.COCCOC.COCc1ccccn1.CO[C@@H]1CCOC1.CO[C@H]1CCOC1. The second kappa shape index (κ2) is 48.7. The molecular formula is C42H80F5NO14. The van der Waals surface area contributed by atoms with Gasteiger partial charge in [-0.1, -0.05) is 6.07 Å². The Morgan fingerprint density at radius 2 is 1.05 bits per heavy atom. The van der Waals surface area contributed by atoms with E-state index in [1.165, 1.54) is 20.0 Å². The van der Waals surface area contributed by atoms with E-state index in [4.69, 9.17) is 47.4 Å². The molecule has 0 aromatic carbocycles. The van der Waals surface area contributed by atoms with Crippen molar-refractivity contribution in [2.75, 3.05) is 157 Å². The first-order valence-electron chi connectivity index (χ1n) is 20.4. The maximum absolute atomic E-state index is 10.9. The molecule has 6 rings (SSSR count). The summed E-state index contributed by atoms with van der Waals surface area (Å²) < 4.78 is 121. The van der Waals surface area contributed by atoms with E-state index in [9.17, 15) is 22.0 Å². The Hall–Kier alpha value is -1.76. The highest BCUT2D eigenvalue weighted by atomic mass is 19.4. The Labute approximate surface area is 368 Å². The molecule has 5 fully saturated rings. The minimum Gasteiger partial charge on any atom is -0.384 e. The third-order valence-electron chi connectivity index (χ3n) is 8.09. The van der Waals surface area contributed by atoms with E-state index in [1.54, 1.807) is 63.1 Å². The predicted octanol–water partition coefficient (Wildman–Crippen LogP) is 6.33. The standard InChI is InChI=1S/C7H9NO.C6H12O2.2C5H10O2.C5H10O.C4H8O2.C4H10O2.C3H5F3O.C3H6F2O/c1-9-6-7-4-2-3-5-8-7;1-7-6-2-4-8-5-3-6;2*1-6-5-2-3-7-4-5;1-6-4-5-2-3-5;1-5-4-2-6-3-4;1-5-3-4-6-2;1-7-2-3(4,5)6;1-6-2-3(4)5/h2-5H,6H2,1H3;6H,2-5H2,1H3;2*5H,2-4H2,1H3;5H,2-4H2,1H3;4H,2-3H2,1H3;3-4H2,1-2H3;2H2,1H3;3H,2H2,1H3/t;;2*5-;;;;;/m..10...../s1. The minimum absolute atomic E-state index is 0.375. The van der Waals surface area contributed by atoms with E-state index >= 15 is 0 Å². The van der Waals surface area contributed by atoms with Crippen molar-refractivity contribution in [3.05, 3.63) is 30.1 Å². The van der Waals surface area contributed by atoms with Crippen molar-refractivity contribution in [2.45, 2.75) is 82.1 Å². The summed E-state index contributed by atoms with van der Waals surface area (Å²) >= 11 is 0. The minimum atomic E-state index is -4.17. The zero-order valence-electron chi connectivity index (χ0n) is 39.0. The molecule has 2 atom stereocenters. The summed E-state index contributed by atoms with van der Waals surface area (Å²) in [6, 6.07) is 5.77. The molecule has 4 saturated heterocycles. The fourth-order valence-electron chi connectivity index (χ4n) is 4.27. The average Bonchev–Trinajstić information content (AvgIpc) is 3.64. The molecule has 0 radical (unpaired) electrons. The zero-order chi connectivity index (χ0) is 47.1. The molecule has 1 saturated carbocycles. The number of ether oxygens (including phenoxy) is 14. The van der Waals surface area contributed by atoms with Gasteiger partial charge in [-0.25, -0.2) is 8.78 Å². The van der Waals surface area contributed by atoms with E-state index in [0.717, 1.165) is 104 Å². The molecule has 0 N–H and O–H groups in total. The van der Waals surface area contributed by atoms with Crippen LogP contribution in [0.2, 0.25) is 0 Å². The summed E-state index contributed by atoms with van der Waals surface area (Å²) in [5, 5.41) is 0. The zero-order valence-corrected chi connectivity index (χ0v) is 39.0. The normalized spacial score (nSPS) is 19.0. The lowest BCUT2D eigenvalue weighted by Gasteiger charge is -2.23. The lowest BCUT2D eigenvalue weighted by Crippen LogP contribution is -2.34. The first kappa shape index (κ1) is 64.5. The van der Waals surface area contributed by atoms with Crippen LogP contribution in [0.4, 0.5) is 22.0 Å². The van der Waals surface area contributed by atoms with Gasteiger partial charge in [-0.3, -0.25) is 4.98 Å². The predicted molar refractivity (Wildman–Crippen MR) is 224 cm³/mol. The Balaban J connectivity index is -0.000000634. The number of nitrogens with zero attached hydrogens (tertiary/aromatic N) is 1. The highest BCUT2D eigenvalue weighted by Crippen LogP contribution is 2.28. The van der Waals surface area contributed by atoms with Crippen molar-refractivity contribution < 1.29 is 88.3 Å². The third kappa shape index (κ3) is 50.9. The topological polar surface area (TPSA) is 142 Å². The average molecular weight is 918 g/mol. The van der Waals surface area contributed by atoms with Crippen molar-refractivity contribution in [1.82, 2.24) is 4.98 Å². The molecule has 62 heavy (non-hydrogen) atoms. The summed E-state index contributed by atoms with van der Waals surface area (Å²) in [6.45, 7) is 7.99. The highest BCUT2D eigenvalue weighted by molar-refractivity contribution is 5.01. The quantitative estimate of drug-likeness (QED) is 0.152. The smallest absolute Gasteiger partial charge is 0.384 e. The fourth-order valence-corrected chi connectivity index (χ4v) is 4.27. The Bertz CT molecular complexity index is 946. The largest absolute Gasteiger partial charge is 0.411 e. The van der Waals surface area contributed by atoms with Crippen molar-refractivity contribution >= 4 is 0 Å². The highest BCUT2D eigenvalue weighted by Gasteiger charge is 2.26. The van der Waals surface area contributed by atoms with Crippen LogP contribution in [0, 0.1) is 5.92 Å². The van der Waals surface area contributed by atoms with Gasteiger partial charge in [0.05, 0.1) is 70.3 Å². The Kier molecular flexibility index (Phi) is 50.7. The molecular weight excluding hydrogens is 837 g/mol. The number of aromatic nitrogens is 1. The van der Waals surface area contributed by atoms with E-state index < -0.39 is 25.8 Å². The molecule has 0 bridgehead atoms. The molecule has 372 valence electrons. The maximum atomic E-state index is 10.9. The molecule has 4 aliphatic heterocycles. The summed E-state index contributed by atoms with van der Waals surface area (Å²) in [6.07, 6.45) is 3.92. The van der Waals surface area contributed by atoms with Crippen LogP contribution in [0.5, 0.6) is 0 Å². The summed E-state index contributed by atoms with van der Waals surface area (Å²) in [5.41, 5.74) is 0.972. The number of rotatable bonds is 14. The van der Waals surface area contributed by atoms with Gasteiger partial charge >= 0.3 is 6.18 Å². The number of hydrogen-bond donors (Lipinski definition) is 0. The second-order valence-electron chi connectivity index (χ2n) is 13.4. The van der Waals surface area contributed by atoms with E-state index in [2.05, 4.69) is 23.9 Å². The van der Waals surface area contributed by atoms with Crippen molar-refractivity contribution in [1.29, 1.82) is 0 Å². The first-order chi connectivity index (χ1) is 29.8. The van der Waals surface area contributed by atoms with Crippen LogP contribution in [0.3, 0.4) is 0 Å². The molecule has 15 nitrogen and oxygen atoms in total. The van der Waals surface area contributed by atoms with Gasteiger partial charge in [0, 0.05) is 110 Å². The number of hydrogen-bond acceptors (Lipinski definition) is 15. The van der Waals surface area contributed by atoms with Crippen LogP contribution in [0.15, 0.2) is 24.4 Å². The molecule has 5 aliphatic rings. The van der Waals surface area contributed by atoms with E-state index in [0.29, 0.717) is 44.2 Å². The van der Waals surface area contributed by atoms with Gasteiger partial charge in [0.25, 0.3) is 6.43 Å². The number of methoxy groups -OCH3 is 10. The van der Waals surface area contributed by atoms with Crippen LogP contribution in [-0.2, 0) is 72.9 Å². The van der Waals surface area contributed by atoms with Crippen LogP contribution in [0.25, 0.3) is 0 Å². The molecule has 1 aliphatic carbocycles. The maximum Gasteiger partial charge on any atom is 0.411 e. The van der Waals surface area contributed by atoms with Crippen LogP contribution in [-0.4, -0.2) is 199 Å². The third-order valence-corrected chi connectivity index (χ3v) is 8.09. The number of halogens is 5. The second-order valence-corrected chi connectivity index (χ2v) is 13.4. The monoisotopic (exact) mass is 918 g/mol. The summed E-state index contributed by atoms with van der Waals surface area (Å²) in [4.78, 5) is 4.04. The van der Waals surface area contributed by atoms with Crippen LogP contribution in [0.1, 0.15) is 44.2 Å². The Morgan fingerprint density at radius 3 is 1.24 bits per heavy atom. The van der Waals surface area contributed by atoms with Crippen molar-refractivity contribution in [3.8, 4) is 0 Å². The first-order valence-corrected chi connectivity index (χ1v) is 20.4. The van der Waals surface area contributed by atoms with Crippen LogP contribution < -0.4 is 0 Å². The summed E-state index contributed by atoms with van der Waals surface area (Å²) in [5.74, 6) is 0.926. The van der Waals surface area contributed by atoms with Crippen molar-refractivity contribution in [3.63, 3.8) is 0 Å². The molecule has 0 amide bonds. The molecule has 1 aromatic heterocycles. The molecule has 5 heterocycles. The van der Waals surface area contributed by atoms with Gasteiger partial charge in [0.1, 0.15) is 19.3 Å². The lowest BCUT2D eigenvalue weighted by molar-refractivity contribution is -0.167. The number of pyridine rings is 1. The van der Waals surface area contributed by atoms with E-state index in [-0.39, 0.29) is 0 Å². The lowest BCUT2D eigenvalue weighted by atomic mass is 10.2. The van der Waals surface area contributed by atoms with Gasteiger partial charge in [-0.15, -0.1) is 0 Å². The van der Waals surface area contributed by atoms with Crippen molar-refractivity contribution in [2.24, 2.45) is 5.92 Å². The van der Waals surface area contributed by atoms with E-state index in [1.807, 2.05) is 18.2 Å². The molecule has 1 aromatic rings. The van der Waals surface area contributed by atoms with Gasteiger partial charge in [-0.2, -0.15) is 13.2 Å². The van der Waals surface area contributed by atoms with Crippen LogP contribution >= 0.6 is 0 Å². The fraction of sp³-hybridized carbons (Fsp3) is 0.881. The van der Waals surface area contributed by atoms with Gasteiger partial charge in [-0.05, 0) is 56.6 Å².